The second-order valence-electron chi connectivity index (χ2n) is 8.53. The van der Waals surface area contributed by atoms with Gasteiger partial charge in [0.15, 0.2) is 11.2 Å². The Kier molecular flexibility index (Phi) is 6.48. The number of amides is 1. The summed E-state index contributed by atoms with van der Waals surface area (Å²) in [7, 11) is 3.23. The number of nitrogens with one attached hydrogen (secondary N) is 1. The Bertz CT molecular complexity index is 1200. The third kappa shape index (κ3) is 4.33. The second kappa shape index (κ2) is 8.91. The standard InChI is InChI=1S/C23H31N5O3/c1-7-15(4)16-8-10-17(11-9-16)19(14(2)3)25-18(29)12-28-22(30)20-21(24-13-26(20)5)27(6)23(28)31/h8-11,13-15,19H,7,12H2,1-6H3,(H,25,29). The Morgan fingerprint density at radius 2 is 1.68 bits per heavy atom. The van der Waals surface area contributed by atoms with Gasteiger partial charge in [-0.15, -0.1) is 0 Å². The van der Waals surface area contributed by atoms with E-state index in [9.17, 15) is 14.4 Å². The van der Waals surface area contributed by atoms with Crippen molar-refractivity contribution < 1.29 is 4.79 Å². The van der Waals surface area contributed by atoms with Crippen molar-refractivity contribution in [3.63, 3.8) is 0 Å². The number of carbonyl (C=O) groups excluding carboxylic acids is 1. The number of rotatable bonds is 7. The number of aromatic nitrogens is 4. The van der Waals surface area contributed by atoms with Crippen LogP contribution in [-0.4, -0.2) is 24.6 Å². The molecule has 1 amide bonds. The first-order valence-corrected chi connectivity index (χ1v) is 10.7. The fourth-order valence-electron chi connectivity index (χ4n) is 3.80. The number of aryl methyl sites for hydroxylation is 2. The zero-order chi connectivity index (χ0) is 22.9. The fourth-order valence-corrected chi connectivity index (χ4v) is 3.80. The third-order valence-corrected chi connectivity index (χ3v) is 5.96. The highest BCUT2D eigenvalue weighted by Gasteiger charge is 2.21. The van der Waals surface area contributed by atoms with Crippen molar-refractivity contribution in [2.45, 2.75) is 52.6 Å². The molecule has 2 atom stereocenters. The van der Waals surface area contributed by atoms with Gasteiger partial charge in [0.2, 0.25) is 5.91 Å². The summed E-state index contributed by atoms with van der Waals surface area (Å²) in [4.78, 5) is 42.5. The molecule has 0 saturated carbocycles. The molecule has 0 aliphatic carbocycles. The lowest BCUT2D eigenvalue weighted by Gasteiger charge is -2.24. The number of hydrogen-bond donors (Lipinski definition) is 1. The summed E-state index contributed by atoms with van der Waals surface area (Å²) in [6.45, 7) is 8.06. The van der Waals surface area contributed by atoms with Crippen molar-refractivity contribution in [1.82, 2.24) is 24.0 Å². The Balaban J connectivity index is 1.87. The van der Waals surface area contributed by atoms with E-state index in [2.05, 4.69) is 36.3 Å². The first-order chi connectivity index (χ1) is 14.6. The van der Waals surface area contributed by atoms with Crippen LogP contribution in [0.25, 0.3) is 11.2 Å². The van der Waals surface area contributed by atoms with E-state index in [1.807, 2.05) is 26.0 Å². The molecule has 3 aromatic rings. The highest BCUT2D eigenvalue weighted by Crippen LogP contribution is 2.25. The molecule has 2 unspecified atom stereocenters. The number of hydrogen-bond acceptors (Lipinski definition) is 4. The van der Waals surface area contributed by atoms with Crippen LogP contribution in [0.4, 0.5) is 0 Å². The highest BCUT2D eigenvalue weighted by atomic mass is 16.2. The van der Waals surface area contributed by atoms with Crippen LogP contribution in [0.3, 0.4) is 0 Å². The molecule has 8 nitrogen and oxygen atoms in total. The minimum absolute atomic E-state index is 0.137. The molecular weight excluding hydrogens is 394 g/mol. The van der Waals surface area contributed by atoms with Crippen LogP contribution in [-0.2, 0) is 25.4 Å². The molecule has 0 fully saturated rings. The van der Waals surface area contributed by atoms with Gasteiger partial charge < -0.3 is 9.88 Å². The van der Waals surface area contributed by atoms with Crippen molar-refractivity contribution in [3.8, 4) is 0 Å². The lowest BCUT2D eigenvalue weighted by molar-refractivity contribution is -0.122. The lowest BCUT2D eigenvalue weighted by atomic mass is 9.92. The van der Waals surface area contributed by atoms with Crippen molar-refractivity contribution in [3.05, 3.63) is 62.6 Å². The number of nitrogens with zero attached hydrogens (tertiary/aromatic N) is 4. The van der Waals surface area contributed by atoms with E-state index in [0.717, 1.165) is 16.6 Å². The first-order valence-electron chi connectivity index (χ1n) is 10.7. The maximum absolute atomic E-state index is 12.9. The van der Waals surface area contributed by atoms with E-state index < -0.39 is 11.2 Å². The summed E-state index contributed by atoms with van der Waals surface area (Å²) in [5.41, 5.74) is 1.77. The number of fused-ring (bicyclic) bond motifs is 1. The molecular formula is C23H31N5O3. The van der Waals surface area contributed by atoms with Gasteiger partial charge in [0.05, 0.1) is 12.4 Å². The Morgan fingerprint density at radius 1 is 1.06 bits per heavy atom. The highest BCUT2D eigenvalue weighted by molar-refractivity contribution is 5.77. The molecule has 8 heteroatoms. The minimum atomic E-state index is -0.564. The summed E-state index contributed by atoms with van der Waals surface area (Å²) < 4.78 is 3.81. The predicted molar refractivity (Wildman–Crippen MR) is 121 cm³/mol. The first kappa shape index (κ1) is 22.5. The molecule has 0 saturated heterocycles. The van der Waals surface area contributed by atoms with Crippen molar-refractivity contribution in [2.24, 2.45) is 20.0 Å². The Morgan fingerprint density at radius 3 is 2.26 bits per heavy atom. The molecule has 166 valence electrons. The topological polar surface area (TPSA) is 90.9 Å². The molecule has 2 heterocycles. The molecule has 0 aliphatic heterocycles. The van der Waals surface area contributed by atoms with E-state index in [-0.39, 0.29) is 29.9 Å². The third-order valence-electron chi connectivity index (χ3n) is 5.96. The largest absolute Gasteiger partial charge is 0.347 e. The van der Waals surface area contributed by atoms with Gasteiger partial charge in [-0.2, -0.15) is 0 Å². The summed E-state index contributed by atoms with van der Waals surface area (Å²) in [6, 6.07) is 8.06. The van der Waals surface area contributed by atoms with E-state index >= 15 is 0 Å². The summed E-state index contributed by atoms with van der Waals surface area (Å²) in [5.74, 6) is 0.231. The SMILES string of the molecule is CCC(C)c1ccc(C(NC(=O)Cn2c(=O)c3c(ncn3C)n(C)c2=O)C(C)C)cc1. The quantitative estimate of drug-likeness (QED) is 0.630. The van der Waals surface area contributed by atoms with Gasteiger partial charge in [0.25, 0.3) is 5.56 Å². The van der Waals surface area contributed by atoms with E-state index in [1.54, 1.807) is 18.7 Å². The summed E-state index contributed by atoms with van der Waals surface area (Å²) >= 11 is 0. The number of imidazole rings is 1. The van der Waals surface area contributed by atoms with Crippen molar-refractivity contribution in [1.29, 1.82) is 0 Å². The molecule has 0 aliphatic rings. The molecule has 2 aromatic heterocycles. The summed E-state index contributed by atoms with van der Waals surface area (Å²) in [5, 5.41) is 3.01. The van der Waals surface area contributed by atoms with Gasteiger partial charge in [-0.05, 0) is 29.4 Å². The van der Waals surface area contributed by atoms with Crippen LogP contribution in [0, 0.1) is 5.92 Å². The van der Waals surface area contributed by atoms with Gasteiger partial charge in [-0.3, -0.25) is 14.2 Å². The van der Waals surface area contributed by atoms with Crippen LogP contribution in [0.1, 0.15) is 57.2 Å². The molecule has 3 rings (SSSR count). The maximum Gasteiger partial charge on any atom is 0.332 e. The van der Waals surface area contributed by atoms with Gasteiger partial charge in [-0.25, -0.2) is 14.3 Å². The summed E-state index contributed by atoms with van der Waals surface area (Å²) in [6.07, 6.45) is 2.54. The second-order valence-corrected chi connectivity index (χ2v) is 8.53. The zero-order valence-electron chi connectivity index (χ0n) is 19.0. The van der Waals surface area contributed by atoms with Crippen LogP contribution < -0.4 is 16.6 Å². The van der Waals surface area contributed by atoms with Gasteiger partial charge in [0, 0.05) is 14.1 Å². The Hall–Kier alpha value is -3.16. The Labute approximate surface area is 181 Å². The monoisotopic (exact) mass is 425 g/mol. The van der Waals surface area contributed by atoms with Gasteiger partial charge >= 0.3 is 5.69 Å². The normalized spacial score (nSPS) is 13.5. The average molecular weight is 426 g/mol. The van der Waals surface area contributed by atoms with E-state index in [1.165, 1.54) is 16.5 Å². The average Bonchev–Trinajstić information content (AvgIpc) is 3.14. The maximum atomic E-state index is 12.9. The van der Waals surface area contributed by atoms with Crippen molar-refractivity contribution >= 4 is 17.1 Å². The van der Waals surface area contributed by atoms with Crippen LogP contribution in [0.15, 0.2) is 40.2 Å². The molecule has 1 N–H and O–H groups in total. The minimum Gasteiger partial charge on any atom is -0.347 e. The molecule has 0 spiro atoms. The van der Waals surface area contributed by atoms with Crippen LogP contribution in [0.2, 0.25) is 0 Å². The van der Waals surface area contributed by atoms with Crippen molar-refractivity contribution in [2.75, 3.05) is 0 Å². The van der Waals surface area contributed by atoms with Crippen LogP contribution in [0.5, 0.6) is 0 Å². The molecule has 0 bridgehead atoms. The van der Waals surface area contributed by atoms with Gasteiger partial charge in [-0.1, -0.05) is 52.0 Å². The zero-order valence-corrected chi connectivity index (χ0v) is 19.0. The smallest absolute Gasteiger partial charge is 0.332 e. The molecule has 0 radical (unpaired) electrons. The fraction of sp³-hybridized carbons (Fsp3) is 0.478. The predicted octanol–water partition coefficient (Wildman–Crippen LogP) is 2.46. The van der Waals surface area contributed by atoms with E-state index in [0.29, 0.717) is 11.6 Å². The molecule has 31 heavy (non-hydrogen) atoms. The van der Waals surface area contributed by atoms with E-state index in [4.69, 9.17) is 0 Å². The van der Waals surface area contributed by atoms with Crippen LogP contribution >= 0.6 is 0 Å². The number of benzene rings is 1. The van der Waals surface area contributed by atoms with Gasteiger partial charge in [0.1, 0.15) is 6.54 Å². The molecule has 1 aromatic carbocycles. The number of carbonyl (C=O) groups is 1. The lowest BCUT2D eigenvalue weighted by Crippen LogP contribution is -2.44.